The fourth-order valence-corrected chi connectivity index (χ4v) is 1.93. The predicted molar refractivity (Wildman–Crippen MR) is 68.1 cm³/mol. The summed E-state index contributed by atoms with van der Waals surface area (Å²) >= 11 is 0. The van der Waals surface area contributed by atoms with E-state index in [2.05, 4.69) is 35.6 Å². The smallest absolute Gasteiger partial charge is 0.119 e. The second-order valence-corrected chi connectivity index (χ2v) is 3.86. The first-order chi connectivity index (χ1) is 7.85. The van der Waals surface area contributed by atoms with E-state index in [4.69, 9.17) is 4.74 Å². The van der Waals surface area contributed by atoms with Crippen molar-refractivity contribution in [1.29, 1.82) is 0 Å². The molecule has 16 heavy (non-hydrogen) atoms. The van der Waals surface area contributed by atoms with Crippen LogP contribution in [0, 0.1) is 0 Å². The van der Waals surface area contributed by atoms with Crippen molar-refractivity contribution in [3.63, 3.8) is 0 Å². The standard InChI is InChI=1S/C14H17NO/c1-15-9-8-11-4-3-5-12-10-13(16-2)6-7-14(11)12/h3-7,10,15H,8-9H2,1-2H3. The maximum Gasteiger partial charge on any atom is 0.119 e. The van der Waals surface area contributed by atoms with E-state index in [0.29, 0.717) is 0 Å². The molecule has 2 rings (SSSR count). The number of hydrogen-bond acceptors (Lipinski definition) is 2. The lowest BCUT2D eigenvalue weighted by Gasteiger charge is -2.07. The summed E-state index contributed by atoms with van der Waals surface area (Å²) in [7, 11) is 3.68. The number of benzene rings is 2. The van der Waals surface area contributed by atoms with Gasteiger partial charge in [-0.25, -0.2) is 0 Å². The van der Waals surface area contributed by atoms with Crippen LogP contribution in [-0.2, 0) is 6.42 Å². The minimum absolute atomic E-state index is 0.915. The average Bonchev–Trinajstić information content (AvgIpc) is 2.35. The van der Waals surface area contributed by atoms with E-state index >= 15 is 0 Å². The zero-order valence-corrected chi connectivity index (χ0v) is 9.79. The van der Waals surface area contributed by atoms with Crippen LogP contribution in [0.1, 0.15) is 5.56 Å². The topological polar surface area (TPSA) is 21.3 Å². The van der Waals surface area contributed by atoms with Gasteiger partial charge < -0.3 is 10.1 Å². The van der Waals surface area contributed by atoms with Gasteiger partial charge in [0.2, 0.25) is 0 Å². The lowest BCUT2D eigenvalue weighted by atomic mass is 10.0. The minimum atomic E-state index is 0.915. The second-order valence-electron chi connectivity index (χ2n) is 3.86. The molecule has 0 amide bonds. The molecule has 0 radical (unpaired) electrons. The molecule has 0 spiro atoms. The Hall–Kier alpha value is -1.54. The summed E-state index contributed by atoms with van der Waals surface area (Å²) in [4.78, 5) is 0. The second kappa shape index (κ2) is 4.99. The maximum atomic E-state index is 5.23. The number of likely N-dealkylation sites (N-methyl/N-ethyl adjacent to an activating group) is 1. The van der Waals surface area contributed by atoms with Gasteiger partial charge in [-0.2, -0.15) is 0 Å². The first-order valence-corrected chi connectivity index (χ1v) is 5.55. The van der Waals surface area contributed by atoms with Crippen LogP contribution >= 0.6 is 0 Å². The third-order valence-electron chi connectivity index (χ3n) is 2.82. The summed E-state index contributed by atoms with van der Waals surface area (Å²) < 4.78 is 5.23. The Morgan fingerprint density at radius 3 is 2.81 bits per heavy atom. The third kappa shape index (κ3) is 2.17. The van der Waals surface area contributed by atoms with E-state index < -0.39 is 0 Å². The molecule has 0 fully saturated rings. The monoisotopic (exact) mass is 215 g/mol. The highest BCUT2D eigenvalue weighted by atomic mass is 16.5. The van der Waals surface area contributed by atoms with Gasteiger partial charge in [0.15, 0.2) is 0 Å². The maximum absolute atomic E-state index is 5.23. The van der Waals surface area contributed by atoms with Crippen LogP contribution in [0.2, 0.25) is 0 Å². The first kappa shape index (κ1) is 11.0. The molecule has 1 N–H and O–H groups in total. The molecule has 0 atom stereocenters. The predicted octanol–water partition coefficient (Wildman–Crippen LogP) is 2.61. The zero-order chi connectivity index (χ0) is 11.4. The van der Waals surface area contributed by atoms with Crippen LogP contribution in [-0.4, -0.2) is 20.7 Å². The molecule has 0 aliphatic rings. The SMILES string of the molecule is CNCCc1cccc2cc(OC)ccc12. The Morgan fingerprint density at radius 1 is 1.19 bits per heavy atom. The molecule has 0 bridgehead atoms. The number of hydrogen-bond donors (Lipinski definition) is 1. The van der Waals surface area contributed by atoms with Gasteiger partial charge in [0.1, 0.15) is 5.75 Å². The van der Waals surface area contributed by atoms with Gasteiger partial charge in [-0.3, -0.25) is 0 Å². The van der Waals surface area contributed by atoms with Crippen molar-refractivity contribution in [2.24, 2.45) is 0 Å². The summed E-state index contributed by atoms with van der Waals surface area (Å²) in [6.45, 7) is 1.01. The largest absolute Gasteiger partial charge is 0.497 e. The van der Waals surface area contributed by atoms with Gasteiger partial charge in [0.05, 0.1) is 7.11 Å². The van der Waals surface area contributed by atoms with Gasteiger partial charge in [-0.1, -0.05) is 24.3 Å². The number of methoxy groups -OCH3 is 1. The van der Waals surface area contributed by atoms with E-state index in [-0.39, 0.29) is 0 Å². The Labute approximate surface area is 96.2 Å². The van der Waals surface area contributed by atoms with Crippen molar-refractivity contribution in [2.75, 3.05) is 20.7 Å². The molecule has 0 aliphatic heterocycles. The summed E-state index contributed by atoms with van der Waals surface area (Å²) in [5.41, 5.74) is 1.38. The molecule has 2 aromatic rings. The van der Waals surface area contributed by atoms with Crippen molar-refractivity contribution < 1.29 is 4.74 Å². The molecule has 0 saturated heterocycles. The molecule has 0 aliphatic carbocycles. The lowest BCUT2D eigenvalue weighted by molar-refractivity contribution is 0.415. The zero-order valence-electron chi connectivity index (χ0n) is 9.79. The number of nitrogens with one attached hydrogen (secondary N) is 1. The first-order valence-electron chi connectivity index (χ1n) is 5.55. The molecule has 0 heterocycles. The van der Waals surface area contributed by atoms with Crippen molar-refractivity contribution in [3.05, 3.63) is 42.0 Å². The van der Waals surface area contributed by atoms with Crippen LogP contribution < -0.4 is 10.1 Å². The lowest BCUT2D eigenvalue weighted by Crippen LogP contribution is -2.10. The summed E-state index contributed by atoms with van der Waals surface area (Å²) in [5, 5.41) is 5.74. The van der Waals surface area contributed by atoms with Crippen molar-refractivity contribution in [2.45, 2.75) is 6.42 Å². The minimum Gasteiger partial charge on any atom is -0.497 e. The van der Waals surface area contributed by atoms with Crippen molar-refractivity contribution in [1.82, 2.24) is 5.32 Å². The number of ether oxygens (including phenoxy) is 1. The Bertz CT molecular complexity index is 479. The molecule has 84 valence electrons. The van der Waals surface area contributed by atoms with Crippen LogP contribution in [0.4, 0.5) is 0 Å². The molecule has 0 unspecified atom stereocenters. The van der Waals surface area contributed by atoms with Gasteiger partial charge in [0, 0.05) is 0 Å². The highest BCUT2D eigenvalue weighted by molar-refractivity contribution is 5.87. The van der Waals surface area contributed by atoms with Crippen LogP contribution in [0.15, 0.2) is 36.4 Å². The molecule has 0 aromatic heterocycles. The van der Waals surface area contributed by atoms with Gasteiger partial charge >= 0.3 is 0 Å². The van der Waals surface area contributed by atoms with E-state index in [9.17, 15) is 0 Å². The summed E-state index contributed by atoms with van der Waals surface area (Å²) in [6, 6.07) is 12.7. The summed E-state index contributed by atoms with van der Waals surface area (Å²) in [5.74, 6) is 0.915. The fourth-order valence-electron chi connectivity index (χ4n) is 1.93. The van der Waals surface area contributed by atoms with Crippen molar-refractivity contribution in [3.8, 4) is 5.75 Å². The Balaban J connectivity index is 2.43. The van der Waals surface area contributed by atoms with E-state index in [0.717, 1.165) is 18.7 Å². The number of fused-ring (bicyclic) bond motifs is 1. The molecule has 2 nitrogen and oxygen atoms in total. The Kier molecular flexibility index (Phi) is 3.42. The normalized spacial score (nSPS) is 10.6. The molecule has 2 heteroatoms. The highest BCUT2D eigenvalue weighted by Crippen LogP contribution is 2.23. The molecule has 2 aromatic carbocycles. The molecule has 0 saturated carbocycles. The molecular formula is C14H17NO. The number of rotatable bonds is 4. The van der Waals surface area contributed by atoms with Gasteiger partial charge in [-0.15, -0.1) is 0 Å². The van der Waals surface area contributed by atoms with Crippen LogP contribution in [0.25, 0.3) is 10.8 Å². The third-order valence-corrected chi connectivity index (χ3v) is 2.82. The quantitative estimate of drug-likeness (QED) is 0.846. The molecular weight excluding hydrogens is 198 g/mol. The van der Waals surface area contributed by atoms with E-state index in [1.165, 1.54) is 16.3 Å². The van der Waals surface area contributed by atoms with Crippen molar-refractivity contribution >= 4 is 10.8 Å². The van der Waals surface area contributed by atoms with Crippen LogP contribution in [0.5, 0.6) is 5.75 Å². The Morgan fingerprint density at radius 2 is 2.06 bits per heavy atom. The van der Waals surface area contributed by atoms with E-state index in [1.54, 1.807) is 7.11 Å². The van der Waals surface area contributed by atoms with E-state index in [1.807, 2.05) is 13.1 Å². The fraction of sp³-hybridized carbons (Fsp3) is 0.286. The average molecular weight is 215 g/mol. The van der Waals surface area contributed by atoms with Gasteiger partial charge in [0.25, 0.3) is 0 Å². The highest BCUT2D eigenvalue weighted by Gasteiger charge is 2.01. The summed E-state index contributed by atoms with van der Waals surface area (Å²) in [6.07, 6.45) is 1.06. The van der Waals surface area contributed by atoms with Crippen LogP contribution in [0.3, 0.4) is 0 Å². The van der Waals surface area contributed by atoms with Gasteiger partial charge in [-0.05, 0) is 48.5 Å².